The molecule has 0 spiro atoms. The Kier molecular flexibility index (Phi) is 5.53. The predicted octanol–water partition coefficient (Wildman–Crippen LogP) is 3.41. The van der Waals surface area contributed by atoms with Crippen LogP contribution in [0.5, 0.6) is 0 Å². The predicted molar refractivity (Wildman–Crippen MR) is 98.6 cm³/mol. The molecule has 2 aromatic rings. The second-order valence-corrected chi connectivity index (χ2v) is 7.14. The fourth-order valence-electron chi connectivity index (χ4n) is 3.45. The average Bonchev–Trinajstić information content (AvgIpc) is 3.15. The van der Waals surface area contributed by atoms with Crippen LogP contribution in [0, 0.1) is 0 Å². The Balaban J connectivity index is 1.73. The lowest BCUT2D eigenvalue weighted by molar-refractivity contribution is -0.154. The number of carbonyl (C=O) groups is 2. The van der Waals surface area contributed by atoms with Crippen LogP contribution in [0.25, 0.3) is 0 Å². The third kappa shape index (κ3) is 3.76. The average molecular weight is 357 g/mol. The van der Waals surface area contributed by atoms with E-state index in [4.69, 9.17) is 4.74 Å². The lowest BCUT2D eigenvalue weighted by Crippen LogP contribution is -2.50. The lowest BCUT2D eigenvalue weighted by Gasteiger charge is -2.40. The first-order valence-electron chi connectivity index (χ1n) is 8.67. The van der Waals surface area contributed by atoms with Crippen molar-refractivity contribution < 1.29 is 14.3 Å². The summed E-state index contributed by atoms with van der Waals surface area (Å²) >= 11 is 1.60. The number of nitrogens with zero attached hydrogens (tertiary/aromatic N) is 1. The van der Waals surface area contributed by atoms with Gasteiger partial charge in [0.05, 0.1) is 18.4 Å². The standard InChI is InChI=1S/C20H23NO3S/c1-2-24-19(23)20(17-6-4-3-5-7-17)9-11-21(12-10-20)18(22)14-16-8-13-25-15-16/h3-8,13,15H,2,9-12,14H2,1H3. The quantitative estimate of drug-likeness (QED) is 0.771. The van der Waals surface area contributed by atoms with Crippen LogP contribution in [0.15, 0.2) is 47.2 Å². The molecule has 1 aromatic heterocycles. The van der Waals surface area contributed by atoms with Gasteiger partial charge >= 0.3 is 5.97 Å². The number of likely N-dealkylation sites (tertiary alicyclic amines) is 1. The number of thiophene rings is 1. The van der Waals surface area contributed by atoms with Crippen LogP contribution in [0.3, 0.4) is 0 Å². The van der Waals surface area contributed by atoms with E-state index in [0.29, 0.717) is 39.0 Å². The molecule has 2 heterocycles. The highest BCUT2D eigenvalue weighted by atomic mass is 32.1. The molecule has 0 saturated carbocycles. The minimum atomic E-state index is -0.642. The molecule has 1 aliphatic rings. The van der Waals surface area contributed by atoms with Crippen LogP contribution >= 0.6 is 11.3 Å². The summed E-state index contributed by atoms with van der Waals surface area (Å²) in [6, 6.07) is 11.8. The normalized spacial score (nSPS) is 16.4. The van der Waals surface area contributed by atoms with Crippen molar-refractivity contribution in [2.45, 2.75) is 31.6 Å². The van der Waals surface area contributed by atoms with Crippen molar-refractivity contribution in [3.63, 3.8) is 0 Å². The molecule has 5 heteroatoms. The molecule has 132 valence electrons. The number of esters is 1. The van der Waals surface area contributed by atoms with Crippen LogP contribution < -0.4 is 0 Å². The van der Waals surface area contributed by atoms with Gasteiger partial charge in [0.1, 0.15) is 0 Å². The van der Waals surface area contributed by atoms with Gasteiger partial charge in [0.2, 0.25) is 5.91 Å². The van der Waals surface area contributed by atoms with Gasteiger partial charge in [-0.2, -0.15) is 11.3 Å². The summed E-state index contributed by atoms with van der Waals surface area (Å²) in [6.45, 7) is 3.36. The Morgan fingerprint density at radius 3 is 2.48 bits per heavy atom. The van der Waals surface area contributed by atoms with E-state index in [2.05, 4.69) is 0 Å². The Hall–Kier alpha value is -2.14. The van der Waals surface area contributed by atoms with Gasteiger partial charge in [0.25, 0.3) is 0 Å². The van der Waals surface area contributed by atoms with E-state index in [-0.39, 0.29) is 11.9 Å². The molecule has 4 nitrogen and oxygen atoms in total. The molecule has 0 atom stereocenters. The van der Waals surface area contributed by atoms with E-state index in [1.165, 1.54) is 0 Å². The molecule has 1 aliphatic heterocycles. The number of hydrogen-bond acceptors (Lipinski definition) is 4. The minimum Gasteiger partial charge on any atom is -0.465 e. The third-order valence-corrected chi connectivity index (χ3v) is 5.63. The van der Waals surface area contributed by atoms with E-state index >= 15 is 0 Å². The van der Waals surface area contributed by atoms with E-state index in [9.17, 15) is 9.59 Å². The lowest BCUT2D eigenvalue weighted by atomic mass is 9.72. The van der Waals surface area contributed by atoms with Gasteiger partial charge < -0.3 is 9.64 Å². The van der Waals surface area contributed by atoms with Crippen LogP contribution in [-0.2, 0) is 26.2 Å². The van der Waals surface area contributed by atoms with Gasteiger partial charge in [0.15, 0.2) is 0 Å². The molecule has 1 amide bonds. The Bertz CT molecular complexity index is 704. The van der Waals surface area contributed by atoms with Crippen molar-refractivity contribution in [3.8, 4) is 0 Å². The molecule has 1 saturated heterocycles. The summed E-state index contributed by atoms with van der Waals surface area (Å²) in [6.07, 6.45) is 1.64. The van der Waals surface area contributed by atoms with E-state index in [0.717, 1.165) is 11.1 Å². The van der Waals surface area contributed by atoms with E-state index in [1.54, 1.807) is 11.3 Å². The zero-order valence-electron chi connectivity index (χ0n) is 14.4. The maximum atomic E-state index is 12.7. The molecule has 0 bridgehead atoms. The Labute approximate surface area is 152 Å². The first-order chi connectivity index (χ1) is 12.2. The number of carbonyl (C=O) groups excluding carboxylic acids is 2. The van der Waals surface area contributed by atoms with Crippen molar-refractivity contribution >= 4 is 23.2 Å². The van der Waals surface area contributed by atoms with Gasteiger partial charge in [-0.1, -0.05) is 30.3 Å². The first-order valence-corrected chi connectivity index (χ1v) is 9.61. The van der Waals surface area contributed by atoms with Crippen LogP contribution in [0.4, 0.5) is 0 Å². The summed E-state index contributed by atoms with van der Waals surface area (Å²) in [5.41, 5.74) is 1.40. The van der Waals surface area contributed by atoms with E-state index in [1.807, 2.05) is 59.0 Å². The van der Waals surface area contributed by atoms with Crippen molar-refractivity contribution in [1.29, 1.82) is 0 Å². The summed E-state index contributed by atoms with van der Waals surface area (Å²) < 4.78 is 5.38. The highest BCUT2D eigenvalue weighted by Gasteiger charge is 2.44. The molecule has 25 heavy (non-hydrogen) atoms. The van der Waals surface area contributed by atoms with Crippen LogP contribution in [-0.4, -0.2) is 36.5 Å². The summed E-state index contributed by atoms with van der Waals surface area (Å²) in [5.74, 6) is -0.0462. The Morgan fingerprint density at radius 1 is 1.16 bits per heavy atom. The van der Waals surface area contributed by atoms with Crippen molar-refractivity contribution in [3.05, 3.63) is 58.3 Å². The molecule has 1 fully saturated rings. The summed E-state index contributed by atoms with van der Waals surface area (Å²) in [7, 11) is 0. The summed E-state index contributed by atoms with van der Waals surface area (Å²) in [5, 5.41) is 3.99. The third-order valence-electron chi connectivity index (χ3n) is 4.90. The van der Waals surface area contributed by atoms with Crippen molar-refractivity contribution in [2.75, 3.05) is 19.7 Å². The number of amides is 1. The zero-order chi connectivity index (χ0) is 17.7. The number of benzene rings is 1. The van der Waals surface area contributed by atoms with Crippen LogP contribution in [0.1, 0.15) is 30.9 Å². The monoisotopic (exact) mass is 357 g/mol. The number of hydrogen-bond donors (Lipinski definition) is 0. The maximum Gasteiger partial charge on any atom is 0.316 e. The van der Waals surface area contributed by atoms with Crippen molar-refractivity contribution in [1.82, 2.24) is 4.90 Å². The van der Waals surface area contributed by atoms with Gasteiger partial charge in [-0.15, -0.1) is 0 Å². The van der Waals surface area contributed by atoms with Gasteiger partial charge in [-0.3, -0.25) is 9.59 Å². The number of rotatable bonds is 5. The molecule has 0 N–H and O–H groups in total. The molecular weight excluding hydrogens is 334 g/mol. The zero-order valence-corrected chi connectivity index (χ0v) is 15.3. The summed E-state index contributed by atoms with van der Waals surface area (Å²) in [4.78, 5) is 27.1. The highest BCUT2D eigenvalue weighted by molar-refractivity contribution is 7.08. The minimum absolute atomic E-state index is 0.129. The SMILES string of the molecule is CCOC(=O)C1(c2ccccc2)CCN(C(=O)Cc2ccsc2)CC1. The molecule has 0 unspecified atom stereocenters. The van der Waals surface area contributed by atoms with Crippen LogP contribution in [0.2, 0.25) is 0 Å². The first kappa shape index (κ1) is 17.7. The largest absolute Gasteiger partial charge is 0.465 e. The van der Waals surface area contributed by atoms with Crippen molar-refractivity contribution in [2.24, 2.45) is 0 Å². The van der Waals surface area contributed by atoms with Gasteiger partial charge in [-0.05, 0) is 47.7 Å². The van der Waals surface area contributed by atoms with E-state index < -0.39 is 5.41 Å². The highest BCUT2D eigenvalue weighted by Crippen LogP contribution is 2.37. The second-order valence-electron chi connectivity index (χ2n) is 6.36. The molecule has 1 aromatic carbocycles. The second kappa shape index (κ2) is 7.83. The molecule has 3 rings (SSSR count). The number of ether oxygens (including phenoxy) is 1. The Morgan fingerprint density at radius 2 is 1.88 bits per heavy atom. The van der Waals surface area contributed by atoms with Gasteiger partial charge in [-0.25, -0.2) is 0 Å². The topological polar surface area (TPSA) is 46.6 Å². The molecule has 0 aliphatic carbocycles. The number of piperidine rings is 1. The molecular formula is C20H23NO3S. The smallest absolute Gasteiger partial charge is 0.316 e. The fraction of sp³-hybridized carbons (Fsp3) is 0.400. The maximum absolute atomic E-state index is 12.7. The van der Waals surface area contributed by atoms with Gasteiger partial charge in [0, 0.05) is 13.1 Å². The molecule has 0 radical (unpaired) electrons. The fourth-order valence-corrected chi connectivity index (χ4v) is 4.12.